The summed E-state index contributed by atoms with van der Waals surface area (Å²) in [5, 5.41) is 0. The number of carbonyl (C=O) groups excluding carboxylic acids is 2. The van der Waals surface area contributed by atoms with Gasteiger partial charge in [0.05, 0.1) is 0 Å². The van der Waals surface area contributed by atoms with Gasteiger partial charge < -0.3 is 9.47 Å². The van der Waals surface area contributed by atoms with Crippen molar-refractivity contribution in [3.05, 3.63) is 46.8 Å². The van der Waals surface area contributed by atoms with Crippen molar-refractivity contribution in [2.75, 3.05) is 13.3 Å². The van der Waals surface area contributed by atoms with E-state index in [2.05, 4.69) is 9.69 Å². The summed E-state index contributed by atoms with van der Waals surface area (Å²) >= 11 is 0. The highest BCUT2D eigenvalue weighted by atomic mass is 16.7. The Morgan fingerprint density at radius 3 is 2.10 bits per heavy atom. The first kappa shape index (κ1) is 15.3. The molecule has 0 aromatic heterocycles. The molecule has 0 atom stereocenters. The van der Waals surface area contributed by atoms with Crippen molar-refractivity contribution < 1.29 is 19.1 Å². The van der Waals surface area contributed by atoms with Crippen molar-refractivity contribution in [2.45, 2.75) is 19.6 Å². The van der Waals surface area contributed by atoms with Crippen LogP contribution >= 0.6 is 0 Å². The zero-order valence-electron chi connectivity index (χ0n) is 11.1. The van der Waals surface area contributed by atoms with E-state index in [1.807, 2.05) is 0 Å². The minimum atomic E-state index is -1.27. The van der Waals surface area contributed by atoms with Gasteiger partial charge >= 0.3 is 11.9 Å². The van der Waals surface area contributed by atoms with E-state index in [1.165, 1.54) is 37.1 Å². The van der Waals surface area contributed by atoms with E-state index in [9.17, 15) is 9.59 Å². The zero-order valence-corrected chi connectivity index (χ0v) is 11.1. The first-order chi connectivity index (χ1) is 9.39. The Hall–Kier alpha value is -2.80. The molecule has 1 rings (SSSR count). The van der Waals surface area contributed by atoms with Gasteiger partial charge in [0.25, 0.3) is 19.1 Å². The van der Waals surface area contributed by atoms with Crippen LogP contribution in [0.15, 0.2) is 23.9 Å². The molecule has 0 N–H and O–H groups in total. The highest BCUT2D eigenvalue weighted by molar-refractivity contribution is 6.15. The summed E-state index contributed by atoms with van der Waals surface area (Å²) in [7, 11) is 0. The van der Waals surface area contributed by atoms with Crippen molar-refractivity contribution in [1.82, 2.24) is 4.90 Å². The Morgan fingerprint density at radius 1 is 1.15 bits per heavy atom. The van der Waals surface area contributed by atoms with Gasteiger partial charge in [-0.05, 0) is 12.2 Å². The summed E-state index contributed by atoms with van der Waals surface area (Å²) in [6.45, 7) is 16.4. The molecular weight excluding hydrogens is 262 g/mol. The molecule has 7 heteroatoms. The molecule has 0 saturated carbocycles. The van der Waals surface area contributed by atoms with Gasteiger partial charge in [-0.2, -0.15) is 0 Å². The standard InChI is InChI=1S/C13H13N3O4/c1-13(2)19-11(17)10(12(18)20-13)6-5-7-16(8-14-3)9-15-4/h5-7H,8-9H2,1-2H3/b7-5+. The Bertz CT molecular complexity index is 511. The summed E-state index contributed by atoms with van der Waals surface area (Å²) in [5.74, 6) is -2.80. The first-order valence-corrected chi connectivity index (χ1v) is 5.65. The third kappa shape index (κ3) is 4.14. The number of cyclic esters (lactones) is 2. The van der Waals surface area contributed by atoms with Crippen molar-refractivity contribution in [3.8, 4) is 0 Å². The van der Waals surface area contributed by atoms with E-state index in [1.54, 1.807) is 0 Å². The van der Waals surface area contributed by atoms with Crippen molar-refractivity contribution in [2.24, 2.45) is 0 Å². The maximum absolute atomic E-state index is 11.6. The van der Waals surface area contributed by atoms with Crippen LogP contribution in [-0.4, -0.2) is 36.0 Å². The van der Waals surface area contributed by atoms with Crippen LogP contribution in [0, 0.1) is 13.1 Å². The monoisotopic (exact) mass is 275 g/mol. The lowest BCUT2D eigenvalue weighted by molar-refractivity contribution is -0.222. The lowest BCUT2D eigenvalue weighted by Crippen LogP contribution is -2.41. The molecule has 104 valence electrons. The molecule has 1 saturated heterocycles. The fourth-order valence-electron chi connectivity index (χ4n) is 1.38. The maximum Gasteiger partial charge on any atom is 0.348 e. The van der Waals surface area contributed by atoms with Crippen LogP contribution in [0.2, 0.25) is 0 Å². The largest absolute Gasteiger partial charge is 0.419 e. The quantitative estimate of drug-likeness (QED) is 0.335. The molecule has 0 aromatic rings. The number of allylic oxidation sites excluding steroid dienone is 2. The second-order valence-corrected chi connectivity index (χ2v) is 4.29. The minimum Gasteiger partial charge on any atom is -0.419 e. The summed E-state index contributed by atoms with van der Waals surface area (Å²) in [6, 6.07) is 0. The van der Waals surface area contributed by atoms with Crippen LogP contribution in [0.5, 0.6) is 0 Å². The van der Waals surface area contributed by atoms with E-state index >= 15 is 0 Å². The minimum absolute atomic E-state index is 0.0178. The number of hydrogen-bond donors (Lipinski definition) is 0. The highest BCUT2D eigenvalue weighted by Crippen LogP contribution is 2.22. The van der Waals surface area contributed by atoms with E-state index in [-0.39, 0.29) is 18.9 Å². The molecule has 20 heavy (non-hydrogen) atoms. The molecule has 1 aliphatic heterocycles. The second-order valence-electron chi connectivity index (χ2n) is 4.29. The molecule has 0 bridgehead atoms. The number of ether oxygens (including phenoxy) is 2. The lowest BCUT2D eigenvalue weighted by atomic mass is 10.2. The molecule has 1 heterocycles. The highest BCUT2D eigenvalue weighted by Gasteiger charge is 2.38. The smallest absolute Gasteiger partial charge is 0.348 e. The van der Waals surface area contributed by atoms with E-state index in [0.29, 0.717) is 0 Å². The van der Waals surface area contributed by atoms with E-state index in [0.717, 1.165) is 0 Å². The summed E-state index contributed by atoms with van der Waals surface area (Å²) in [4.78, 5) is 30.9. The van der Waals surface area contributed by atoms with Gasteiger partial charge in [-0.3, -0.25) is 9.69 Å². The lowest BCUT2D eigenvalue weighted by Gasteiger charge is -2.29. The molecule has 0 aliphatic carbocycles. The van der Waals surface area contributed by atoms with Crippen LogP contribution in [0.1, 0.15) is 13.8 Å². The summed E-state index contributed by atoms with van der Waals surface area (Å²) in [6.07, 6.45) is 4.08. The fourth-order valence-corrected chi connectivity index (χ4v) is 1.38. The van der Waals surface area contributed by atoms with Gasteiger partial charge in [0.2, 0.25) is 0 Å². The number of rotatable bonds is 4. The Labute approximate surface area is 116 Å². The van der Waals surface area contributed by atoms with E-state index in [4.69, 9.17) is 22.6 Å². The van der Waals surface area contributed by atoms with Crippen LogP contribution in [0.25, 0.3) is 9.69 Å². The maximum atomic E-state index is 11.6. The van der Waals surface area contributed by atoms with Gasteiger partial charge in [0.1, 0.15) is 5.57 Å². The third-order valence-corrected chi connectivity index (χ3v) is 2.18. The van der Waals surface area contributed by atoms with Crippen molar-refractivity contribution in [3.63, 3.8) is 0 Å². The van der Waals surface area contributed by atoms with Gasteiger partial charge in [0.15, 0.2) is 0 Å². The zero-order chi connectivity index (χ0) is 15.2. The van der Waals surface area contributed by atoms with Gasteiger partial charge in [-0.1, -0.05) is 0 Å². The number of esters is 2. The number of hydrogen-bond acceptors (Lipinski definition) is 5. The van der Waals surface area contributed by atoms with Gasteiger partial charge in [-0.25, -0.2) is 27.6 Å². The van der Waals surface area contributed by atoms with Crippen LogP contribution in [0.3, 0.4) is 0 Å². The molecule has 7 nitrogen and oxygen atoms in total. The topological polar surface area (TPSA) is 64.6 Å². The molecule has 0 amide bonds. The molecule has 0 radical (unpaired) electrons. The predicted molar refractivity (Wildman–Crippen MR) is 68.3 cm³/mol. The van der Waals surface area contributed by atoms with Crippen molar-refractivity contribution >= 4 is 11.9 Å². The van der Waals surface area contributed by atoms with E-state index < -0.39 is 17.7 Å². The SMILES string of the molecule is [C-]#[N+]CN(/C=C/C=C1C(=O)OC(C)(C)OC1=O)C[N+]#[C-]. The number of nitrogens with zero attached hydrogens (tertiary/aromatic N) is 3. The summed E-state index contributed by atoms with van der Waals surface area (Å²) in [5.41, 5.74) is -0.230. The normalized spacial score (nSPS) is 16.9. The molecule has 0 unspecified atom stereocenters. The Morgan fingerprint density at radius 2 is 1.65 bits per heavy atom. The first-order valence-electron chi connectivity index (χ1n) is 5.65. The van der Waals surface area contributed by atoms with Crippen LogP contribution < -0.4 is 0 Å². The second kappa shape index (κ2) is 6.39. The molecule has 1 fully saturated rings. The van der Waals surface area contributed by atoms with Gasteiger partial charge in [0, 0.05) is 20.0 Å². The fraction of sp³-hybridized carbons (Fsp3) is 0.385. The Balaban J connectivity index is 2.80. The summed E-state index contributed by atoms with van der Waals surface area (Å²) < 4.78 is 9.83. The van der Waals surface area contributed by atoms with Gasteiger partial charge in [-0.15, -0.1) is 0 Å². The predicted octanol–water partition coefficient (Wildman–Crippen LogP) is 1.32. The number of carbonyl (C=O) groups is 2. The third-order valence-electron chi connectivity index (χ3n) is 2.18. The molecule has 1 aliphatic rings. The van der Waals surface area contributed by atoms with Crippen LogP contribution in [0.4, 0.5) is 0 Å². The average Bonchev–Trinajstić information content (AvgIpc) is 2.31. The molecule has 0 aromatic carbocycles. The van der Waals surface area contributed by atoms with Crippen molar-refractivity contribution in [1.29, 1.82) is 0 Å². The van der Waals surface area contributed by atoms with Crippen LogP contribution in [-0.2, 0) is 19.1 Å². The molecule has 0 spiro atoms. The molecular formula is C13H13N3O4. The Kier molecular flexibility index (Phi) is 4.88. The average molecular weight is 275 g/mol.